The van der Waals surface area contributed by atoms with Crippen molar-refractivity contribution in [3.63, 3.8) is 0 Å². The molecule has 1 aliphatic rings. The third kappa shape index (κ3) is 2.08. The Morgan fingerprint density at radius 3 is 3.21 bits per heavy atom. The van der Waals surface area contributed by atoms with Gasteiger partial charge in [0.1, 0.15) is 0 Å². The second kappa shape index (κ2) is 4.29. The van der Waals surface area contributed by atoms with Crippen molar-refractivity contribution in [1.29, 1.82) is 0 Å². The van der Waals surface area contributed by atoms with Crippen LogP contribution in [0.2, 0.25) is 0 Å². The summed E-state index contributed by atoms with van der Waals surface area (Å²) in [5.74, 6) is 0. The zero-order valence-corrected chi connectivity index (χ0v) is 9.36. The van der Waals surface area contributed by atoms with Gasteiger partial charge in [-0.25, -0.2) is 4.98 Å². The quantitative estimate of drug-likeness (QED) is 0.786. The highest BCUT2D eigenvalue weighted by molar-refractivity contribution is 7.11. The monoisotopic (exact) mass is 230 g/mol. The Hall–Kier alpha value is -0.580. The van der Waals surface area contributed by atoms with Crippen molar-refractivity contribution < 1.29 is 4.74 Å². The maximum atomic E-state index is 6.01. The van der Waals surface area contributed by atoms with Gasteiger partial charge in [-0.2, -0.15) is 0 Å². The lowest BCUT2D eigenvalue weighted by Gasteiger charge is -2.16. The molecule has 0 saturated heterocycles. The van der Waals surface area contributed by atoms with Crippen LogP contribution in [0.1, 0.15) is 5.69 Å². The molecule has 1 aliphatic heterocycles. The average molecular weight is 231 g/mol. The van der Waals surface area contributed by atoms with E-state index in [0.29, 0.717) is 5.19 Å². The SMILES string of the molecule is COc1nc(C2=CC(Cl)CNC2)cs1. The van der Waals surface area contributed by atoms with Crippen molar-refractivity contribution in [2.24, 2.45) is 0 Å². The third-order valence-corrected chi connectivity index (χ3v) is 3.10. The predicted octanol–water partition coefficient (Wildman–Crippen LogP) is 1.75. The van der Waals surface area contributed by atoms with Crippen molar-refractivity contribution in [1.82, 2.24) is 10.3 Å². The first kappa shape index (κ1) is 9.96. The van der Waals surface area contributed by atoms with E-state index in [-0.39, 0.29) is 5.38 Å². The van der Waals surface area contributed by atoms with E-state index >= 15 is 0 Å². The molecule has 0 radical (unpaired) electrons. The molecule has 1 unspecified atom stereocenters. The zero-order valence-electron chi connectivity index (χ0n) is 7.79. The summed E-state index contributed by atoms with van der Waals surface area (Å²) < 4.78 is 5.04. The van der Waals surface area contributed by atoms with Gasteiger partial charge >= 0.3 is 0 Å². The van der Waals surface area contributed by atoms with Crippen LogP contribution in [0.15, 0.2) is 11.5 Å². The minimum atomic E-state index is 0.0615. The average Bonchev–Trinajstić information content (AvgIpc) is 2.66. The van der Waals surface area contributed by atoms with Crippen LogP contribution in [0.25, 0.3) is 5.57 Å². The summed E-state index contributed by atoms with van der Waals surface area (Å²) in [6, 6.07) is 0. The summed E-state index contributed by atoms with van der Waals surface area (Å²) in [6.45, 7) is 1.66. The highest BCUT2D eigenvalue weighted by Crippen LogP contribution is 2.24. The number of aromatic nitrogens is 1. The molecule has 1 N–H and O–H groups in total. The number of thiazole rings is 1. The van der Waals surface area contributed by atoms with Crippen LogP contribution < -0.4 is 10.1 Å². The molecular formula is C9H11ClN2OS. The number of alkyl halides is 1. The van der Waals surface area contributed by atoms with Crippen LogP contribution in [0.4, 0.5) is 0 Å². The lowest BCUT2D eigenvalue weighted by molar-refractivity contribution is 0.411. The molecule has 0 amide bonds. The number of nitrogens with zero attached hydrogens (tertiary/aromatic N) is 1. The molecule has 0 aromatic carbocycles. The molecule has 0 spiro atoms. The van der Waals surface area contributed by atoms with Gasteiger partial charge in [0.25, 0.3) is 5.19 Å². The number of rotatable bonds is 2. The van der Waals surface area contributed by atoms with E-state index in [4.69, 9.17) is 16.3 Å². The van der Waals surface area contributed by atoms with Crippen molar-refractivity contribution in [3.05, 3.63) is 17.2 Å². The first-order chi connectivity index (χ1) is 6.79. The van der Waals surface area contributed by atoms with E-state index in [2.05, 4.69) is 10.3 Å². The maximum absolute atomic E-state index is 6.01. The summed E-state index contributed by atoms with van der Waals surface area (Å²) in [7, 11) is 1.63. The first-order valence-corrected chi connectivity index (χ1v) is 5.66. The molecule has 0 aliphatic carbocycles. The van der Waals surface area contributed by atoms with Crippen molar-refractivity contribution in [2.75, 3.05) is 20.2 Å². The smallest absolute Gasteiger partial charge is 0.273 e. The lowest BCUT2D eigenvalue weighted by atomic mass is 10.1. The maximum Gasteiger partial charge on any atom is 0.273 e. The lowest BCUT2D eigenvalue weighted by Crippen LogP contribution is -2.29. The van der Waals surface area contributed by atoms with E-state index in [1.54, 1.807) is 7.11 Å². The van der Waals surface area contributed by atoms with Crippen LogP contribution in [-0.2, 0) is 0 Å². The standard InChI is InChI=1S/C9H11ClN2OS/c1-13-9-12-8(5-14-9)6-2-7(10)4-11-3-6/h2,5,7,11H,3-4H2,1H3. The third-order valence-electron chi connectivity index (χ3n) is 2.02. The van der Waals surface area contributed by atoms with Crippen LogP contribution in [0.3, 0.4) is 0 Å². The molecule has 1 aromatic rings. The normalized spacial score (nSPS) is 21.9. The minimum absolute atomic E-state index is 0.0615. The van der Waals surface area contributed by atoms with Crippen molar-refractivity contribution >= 4 is 28.5 Å². The molecule has 0 bridgehead atoms. The Labute approximate surface area is 91.8 Å². The summed E-state index contributed by atoms with van der Waals surface area (Å²) in [6.07, 6.45) is 2.05. The van der Waals surface area contributed by atoms with E-state index in [9.17, 15) is 0 Å². The minimum Gasteiger partial charge on any atom is -0.473 e. The fraction of sp³-hybridized carbons (Fsp3) is 0.444. The highest BCUT2D eigenvalue weighted by atomic mass is 35.5. The number of nitrogens with one attached hydrogen (secondary N) is 1. The van der Waals surface area contributed by atoms with Crippen LogP contribution in [0, 0.1) is 0 Å². The molecule has 14 heavy (non-hydrogen) atoms. The van der Waals surface area contributed by atoms with Gasteiger partial charge < -0.3 is 10.1 Å². The van der Waals surface area contributed by atoms with E-state index in [0.717, 1.165) is 24.4 Å². The Balaban J connectivity index is 2.21. The summed E-state index contributed by atoms with van der Waals surface area (Å²) in [5, 5.41) is 5.98. The predicted molar refractivity (Wildman–Crippen MR) is 59.2 cm³/mol. The molecule has 76 valence electrons. The Morgan fingerprint density at radius 1 is 1.71 bits per heavy atom. The molecule has 0 fully saturated rings. The summed E-state index contributed by atoms with van der Waals surface area (Å²) in [4.78, 5) is 4.32. The number of methoxy groups -OCH3 is 1. The number of hydrogen-bond donors (Lipinski definition) is 1. The molecule has 2 heterocycles. The Morgan fingerprint density at radius 2 is 2.57 bits per heavy atom. The van der Waals surface area contributed by atoms with Gasteiger partial charge in [0.15, 0.2) is 0 Å². The largest absolute Gasteiger partial charge is 0.473 e. The van der Waals surface area contributed by atoms with Gasteiger partial charge in [0.05, 0.1) is 18.2 Å². The molecule has 1 aromatic heterocycles. The van der Waals surface area contributed by atoms with Crippen molar-refractivity contribution in [3.8, 4) is 5.19 Å². The van der Waals surface area contributed by atoms with Gasteiger partial charge in [-0.1, -0.05) is 17.4 Å². The molecular weight excluding hydrogens is 220 g/mol. The highest BCUT2D eigenvalue weighted by Gasteiger charge is 2.14. The zero-order chi connectivity index (χ0) is 9.97. The van der Waals surface area contributed by atoms with Gasteiger partial charge in [-0.3, -0.25) is 0 Å². The van der Waals surface area contributed by atoms with Crippen LogP contribution in [-0.4, -0.2) is 30.6 Å². The van der Waals surface area contributed by atoms with Gasteiger partial charge in [0.2, 0.25) is 0 Å². The second-order valence-corrected chi connectivity index (χ2v) is 4.42. The fourth-order valence-electron chi connectivity index (χ4n) is 1.36. The number of halogens is 1. The van der Waals surface area contributed by atoms with Crippen LogP contribution in [0.5, 0.6) is 5.19 Å². The van der Waals surface area contributed by atoms with Crippen LogP contribution >= 0.6 is 22.9 Å². The van der Waals surface area contributed by atoms with E-state index in [1.807, 2.05) is 11.5 Å². The first-order valence-electron chi connectivity index (χ1n) is 4.35. The second-order valence-electron chi connectivity index (χ2n) is 3.04. The number of ether oxygens (including phenoxy) is 1. The molecule has 1 atom stereocenters. The van der Waals surface area contributed by atoms with Gasteiger partial charge in [0, 0.05) is 18.5 Å². The topological polar surface area (TPSA) is 34.1 Å². The van der Waals surface area contributed by atoms with E-state index < -0.39 is 0 Å². The van der Waals surface area contributed by atoms with Gasteiger partial charge in [-0.15, -0.1) is 11.6 Å². The molecule has 0 saturated carbocycles. The molecule has 3 nitrogen and oxygen atoms in total. The van der Waals surface area contributed by atoms with E-state index in [1.165, 1.54) is 11.3 Å². The molecule has 2 rings (SSSR count). The van der Waals surface area contributed by atoms with Crippen molar-refractivity contribution in [2.45, 2.75) is 5.38 Å². The fourth-order valence-corrected chi connectivity index (χ4v) is 2.28. The summed E-state index contributed by atoms with van der Waals surface area (Å²) >= 11 is 7.51. The Kier molecular flexibility index (Phi) is 3.05. The molecule has 5 heteroatoms. The number of hydrogen-bond acceptors (Lipinski definition) is 4. The van der Waals surface area contributed by atoms with Gasteiger partial charge in [-0.05, 0) is 5.57 Å². The summed E-state index contributed by atoms with van der Waals surface area (Å²) in [5.41, 5.74) is 2.11. The Bertz CT molecular complexity index is 350.